The van der Waals surface area contributed by atoms with Crippen molar-refractivity contribution in [3.05, 3.63) is 58.6 Å². The summed E-state index contributed by atoms with van der Waals surface area (Å²) in [6.45, 7) is 2.17. The minimum absolute atomic E-state index is 0.274. The fraction of sp³-hybridized carbons (Fsp3) is 0.235. The average Bonchev–Trinajstić information content (AvgIpc) is 2.45. The van der Waals surface area contributed by atoms with Crippen LogP contribution in [0.5, 0.6) is 0 Å². The van der Waals surface area contributed by atoms with Crippen molar-refractivity contribution in [1.82, 2.24) is 0 Å². The Morgan fingerprint density at radius 3 is 2.45 bits per heavy atom. The number of unbranched alkanes of at least 4 members (excludes halogenated alkanes) is 1. The molecule has 2 nitrogen and oxygen atoms in total. The number of benzene rings is 2. The van der Waals surface area contributed by atoms with Crippen molar-refractivity contribution in [2.45, 2.75) is 26.2 Å². The Bertz CT molecular complexity index is 603. The van der Waals surface area contributed by atoms with Gasteiger partial charge in [-0.15, -0.1) is 0 Å². The van der Waals surface area contributed by atoms with Crippen LogP contribution >= 0.6 is 11.6 Å². The van der Waals surface area contributed by atoms with Crippen LogP contribution in [-0.2, 0) is 6.42 Å². The highest BCUT2D eigenvalue weighted by Gasteiger charge is 2.12. The van der Waals surface area contributed by atoms with Crippen molar-refractivity contribution >= 4 is 17.6 Å². The third-order valence-corrected chi connectivity index (χ3v) is 3.53. The Morgan fingerprint density at radius 1 is 1.15 bits per heavy atom. The van der Waals surface area contributed by atoms with Gasteiger partial charge in [-0.3, -0.25) is 0 Å². The van der Waals surface area contributed by atoms with Gasteiger partial charge in [0.2, 0.25) is 0 Å². The molecule has 0 amide bonds. The van der Waals surface area contributed by atoms with Crippen molar-refractivity contribution in [3.8, 4) is 11.1 Å². The largest absolute Gasteiger partial charge is 0.478 e. The molecule has 0 saturated heterocycles. The molecule has 2 aromatic rings. The molecule has 0 aromatic heterocycles. The van der Waals surface area contributed by atoms with E-state index in [1.165, 1.54) is 12.0 Å². The van der Waals surface area contributed by atoms with Crippen molar-refractivity contribution in [3.63, 3.8) is 0 Å². The molecule has 104 valence electrons. The molecule has 0 bridgehead atoms. The first-order valence-electron chi connectivity index (χ1n) is 6.74. The van der Waals surface area contributed by atoms with Gasteiger partial charge in [0.05, 0.1) is 5.56 Å². The first kappa shape index (κ1) is 14.6. The molecule has 3 heteroatoms. The molecule has 0 unspecified atom stereocenters. The molecule has 0 fully saturated rings. The molecule has 0 aliphatic heterocycles. The zero-order valence-electron chi connectivity index (χ0n) is 11.4. The van der Waals surface area contributed by atoms with Gasteiger partial charge < -0.3 is 5.11 Å². The number of carbonyl (C=O) groups is 1. The highest BCUT2D eigenvalue weighted by atomic mass is 35.5. The van der Waals surface area contributed by atoms with Gasteiger partial charge >= 0.3 is 5.97 Å². The highest BCUT2D eigenvalue weighted by Crippen LogP contribution is 2.27. The Labute approximate surface area is 124 Å². The molecule has 20 heavy (non-hydrogen) atoms. The van der Waals surface area contributed by atoms with Crippen molar-refractivity contribution in [2.24, 2.45) is 0 Å². The van der Waals surface area contributed by atoms with E-state index in [0.717, 1.165) is 18.4 Å². The van der Waals surface area contributed by atoms with E-state index in [-0.39, 0.29) is 5.56 Å². The lowest BCUT2D eigenvalue weighted by Gasteiger charge is -2.08. The standard InChI is InChI=1S/C17H17ClO2/c1-2-3-4-12-5-7-13(8-6-12)16-11-14(18)9-10-15(16)17(19)20/h5-11H,2-4H2,1H3,(H,19,20). The summed E-state index contributed by atoms with van der Waals surface area (Å²) in [6, 6.07) is 12.9. The lowest BCUT2D eigenvalue weighted by molar-refractivity contribution is 0.0698. The maximum absolute atomic E-state index is 11.3. The lowest BCUT2D eigenvalue weighted by atomic mass is 9.97. The molecule has 2 aromatic carbocycles. The molecule has 0 aliphatic carbocycles. The highest BCUT2D eigenvalue weighted by molar-refractivity contribution is 6.31. The molecule has 1 N–H and O–H groups in total. The van der Waals surface area contributed by atoms with Gasteiger partial charge in [0, 0.05) is 5.02 Å². The summed E-state index contributed by atoms with van der Waals surface area (Å²) in [7, 11) is 0. The van der Waals surface area contributed by atoms with E-state index in [0.29, 0.717) is 10.6 Å². The zero-order valence-corrected chi connectivity index (χ0v) is 12.2. The molecule has 0 aliphatic rings. The van der Waals surface area contributed by atoms with Crippen molar-refractivity contribution in [2.75, 3.05) is 0 Å². The van der Waals surface area contributed by atoms with E-state index in [4.69, 9.17) is 11.6 Å². The Kier molecular flexibility index (Phi) is 4.80. The number of rotatable bonds is 5. The fourth-order valence-electron chi connectivity index (χ4n) is 2.17. The second-order valence-corrected chi connectivity index (χ2v) is 5.23. The number of hydrogen-bond donors (Lipinski definition) is 1. The second-order valence-electron chi connectivity index (χ2n) is 4.80. The Morgan fingerprint density at radius 2 is 1.85 bits per heavy atom. The second kappa shape index (κ2) is 6.58. The van der Waals surface area contributed by atoms with Gasteiger partial charge in [-0.25, -0.2) is 4.79 Å². The van der Waals surface area contributed by atoms with E-state index in [2.05, 4.69) is 19.1 Å². The van der Waals surface area contributed by atoms with Crippen LogP contribution in [0.25, 0.3) is 11.1 Å². The zero-order chi connectivity index (χ0) is 14.5. The van der Waals surface area contributed by atoms with E-state index in [1.807, 2.05) is 12.1 Å². The van der Waals surface area contributed by atoms with Crippen LogP contribution in [0.3, 0.4) is 0 Å². The number of carboxylic acids is 1. The van der Waals surface area contributed by atoms with Gasteiger partial charge in [0.15, 0.2) is 0 Å². The van der Waals surface area contributed by atoms with Crippen LogP contribution in [0.1, 0.15) is 35.7 Å². The molecule has 0 saturated carbocycles. The Hall–Kier alpha value is -1.80. The lowest BCUT2D eigenvalue weighted by Crippen LogP contribution is -1.99. The van der Waals surface area contributed by atoms with Crippen LogP contribution in [0.15, 0.2) is 42.5 Å². The van der Waals surface area contributed by atoms with Gasteiger partial charge in [-0.1, -0.05) is 49.2 Å². The van der Waals surface area contributed by atoms with Gasteiger partial charge in [0.1, 0.15) is 0 Å². The number of aromatic carboxylic acids is 1. The maximum Gasteiger partial charge on any atom is 0.336 e. The first-order chi connectivity index (χ1) is 9.61. The monoisotopic (exact) mass is 288 g/mol. The predicted octanol–water partition coefficient (Wildman–Crippen LogP) is 5.05. The summed E-state index contributed by atoms with van der Waals surface area (Å²) in [5.74, 6) is -0.938. The van der Waals surface area contributed by atoms with Crippen LogP contribution in [0.2, 0.25) is 5.02 Å². The molecular weight excluding hydrogens is 272 g/mol. The molecule has 0 spiro atoms. The SMILES string of the molecule is CCCCc1ccc(-c2cc(Cl)ccc2C(=O)O)cc1. The quantitative estimate of drug-likeness (QED) is 0.836. The van der Waals surface area contributed by atoms with Crippen LogP contribution in [0.4, 0.5) is 0 Å². The van der Waals surface area contributed by atoms with E-state index in [9.17, 15) is 9.90 Å². The minimum Gasteiger partial charge on any atom is -0.478 e. The molecule has 0 atom stereocenters. The van der Waals surface area contributed by atoms with Crippen molar-refractivity contribution in [1.29, 1.82) is 0 Å². The third-order valence-electron chi connectivity index (χ3n) is 3.30. The predicted molar refractivity (Wildman–Crippen MR) is 82.5 cm³/mol. The summed E-state index contributed by atoms with van der Waals surface area (Å²) in [4.78, 5) is 11.3. The van der Waals surface area contributed by atoms with E-state index < -0.39 is 5.97 Å². The number of carboxylic acid groups (broad SMARTS) is 1. The number of aryl methyl sites for hydroxylation is 1. The maximum atomic E-state index is 11.3. The summed E-state index contributed by atoms with van der Waals surface area (Å²) in [5.41, 5.74) is 3.09. The number of hydrogen-bond acceptors (Lipinski definition) is 1. The number of halogens is 1. The van der Waals surface area contributed by atoms with Gasteiger partial charge in [-0.05, 0) is 47.7 Å². The van der Waals surface area contributed by atoms with Crippen LogP contribution in [-0.4, -0.2) is 11.1 Å². The van der Waals surface area contributed by atoms with E-state index in [1.54, 1.807) is 18.2 Å². The molecule has 2 rings (SSSR count). The molecular formula is C17H17ClO2. The average molecular weight is 289 g/mol. The topological polar surface area (TPSA) is 37.3 Å². The molecule has 0 radical (unpaired) electrons. The van der Waals surface area contributed by atoms with Crippen molar-refractivity contribution < 1.29 is 9.90 Å². The van der Waals surface area contributed by atoms with E-state index >= 15 is 0 Å². The summed E-state index contributed by atoms with van der Waals surface area (Å²) in [5, 5.41) is 9.79. The summed E-state index contributed by atoms with van der Waals surface area (Å²) < 4.78 is 0. The fourth-order valence-corrected chi connectivity index (χ4v) is 2.35. The van der Waals surface area contributed by atoms with Gasteiger partial charge in [0.25, 0.3) is 0 Å². The molecule has 0 heterocycles. The minimum atomic E-state index is -0.938. The smallest absolute Gasteiger partial charge is 0.336 e. The first-order valence-corrected chi connectivity index (χ1v) is 7.11. The van der Waals surface area contributed by atoms with Crippen LogP contribution < -0.4 is 0 Å². The Balaban J connectivity index is 2.36. The normalized spacial score (nSPS) is 10.5. The third kappa shape index (κ3) is 3.40. The summed E-state index contributed by atoms with van der Waals surface area (Å²) in [6.07, 6.45) is 3.38. The summed E-state index contributed by atoms with van der Waals surface area (Å²) >= 11 is 5.98. The van der Waals surface area contributed by atoms with Gasteiger partial charge in [-0.2, -0.15) is 0 Å². The van der Waals surface area contributed by atoms with Crippen LogP contribution in [0, 0.1) is 0 Å².